The summed E-state index contributed by atoms with van der Waals surface area (Å²) in [5, 5.41) is 9.16. The molecule has 0 bridgehead atoms. The van der Waals surface area contributed by atoms with E-state index < -0.39 is 6.09 Å². The van der Waals surface area contributed by atoms with E-state index in [-0.39, 0.29) is 12.0 Å². The van der Waals surface area contributed by atoms with Gasteiger partial charge in [-0.15, -0.1) is 0 Å². The summed E-state index contributed by atoms with van der Waals surface area (Å²) in [7, 11) is 0. The summed E-state index contributed by atoms with van der Waals surface area (Å²) in [6.45, 7) is 4.63. The smallest absolute Gasteiger partial charge is 0.407 e. The first-order chi connectivity index (χ1) is 10.0. The van der Waals surface area contributed by atoms with Crippen LogP contribution in [0.3, 0.4) is 0 Å². The third kappa shape index (κ3) is 3.54. The molecule has 0 saturated carbocycles. The highest BCUT2D eigenvalue weighted by Crippen LogP contribution is 2.30. The summed E-state index contributed by atoms with van der Waals surface area (Å²) in [6.07, 6.45) is 0.880. The fourth-order valence-corrected chi connectivity index (χ4v) is 2.78. The second-order valence-corrected chi connectivity index (χ2v) is 5.24. The average molecular weight is 291 g/mol. The Labute approximate surface area is 124 Å². The van der Waals surface area contributed by atoms with Crippen LogP contribution in [-0.4, -0.2) is 35.2 Å². The average Bonchev–Trinajstić information content (AvgIpc) is 2.45. The van der Waals surface area contributed by atoms with Crippen LogP contribution in [-0.2, 0) is 22.4 Å². The van der Waals surface area contributed by atoms with Crippen molar-refractivity contribution in [2.45, 2.75) is 39.2 Å². The molecule has 1 N–H and O–H groups in total. The number of hydrogen-bond donors (Lipinski definition) is 1. The van der Waals surface area contributed by atoms with Crippen LogP contribution < -0.4 is 0 Å². The van der Waals surface area contributed by atoms with E-state index in [1.807, 2.05) is 19.1 Å². The Hall–Kier alpha value is -2.04. The second-order valence-electron chi connectivity index (χ2n) is 5.24. The molecule has 114 valence electrons. The third-order valence-corrected chi connectivity index (χ3v) is 3.92. The molecule has 0 saturated heterocycles. The van der Waals surface area contributed by atoms with Crippen LogP contribution in [0.5, 0.6) is 0 Å². The van der Waals surface area contributed by atoms with Crippen LogP contribution in [0.15, 0.2) is 18.2 Å². The fraction of sp³-hybridized carbons (Fsp3) is 0.500. The summed E-state index contributed by atoms with van der Waals surface area (Å²) in [5.41, 5.74) is 3.34. The minimum Gasteiger partial charge on any atom is -0.466 e. The van der Waals surface area contributed by atoms with E-state index >= 15 is 0 Å². The Morgan fingerprint density at radius 2 is 2.19 bits per heavy atom. The first-order valence-electron chi connectivity index (χ1n) is 7.29. The van der Waals surface area contributed by atoms with Gasteiger partial charge in [0, 0.05) is 13.0 Å². The molecule has 1 unspecified atom stereocenters. The number of benzene rings is 1. The lowest BCUT2D eigenvalue weighted by Crippen LogP contribution is -2.37. The molecule has 5 heteroatoms. The number of esters is 1. The fourth-order valence-electron chi connectivity index (χ4n) is 2.78. The largest absolute Gasteiger partial charge is 0.466 e. The van der Waals surface area contributed by atoms with Crippen molar-refractivity contribution in [1.82, 2.24) is 4.90 Å². The first kappa shape index (κ1) is 15.4. The minimum atomic E-state index is -0.875. The number of rotatable bonds is 4. The minimum absolute atomic E-state index is 0.120. The van der Waals surface area contributed by atoms with Gasteiger partial charge in [0.2, 0.25) is 0 Å². The third-order valence-electron chi connectivity index (χ3n) is 3.92. The maximum atomic E-state index is 11.4. The second kappa shape index (κ2) is 6.61. The number of carbonyl (C=O) groups excluding carboxylic acids is 1. The van der Waals surface area contributed by atoms with E-state index in [1.165, 1.54) is 10.5 Å². The molecule has 2 rings (SSSR count). The zero-order chi connectivity index (χ0) is 15.4. The number of amides is 1. The van der Waals surface area contributed by atoms with Gasteiger partial charge in [0.15, 0.2) is 0 Å². The number of hydrogen-bond acceptors (Lipinski definition) is 3. The van der Waals surface area contributed by atoms with Gasteiger partial charge in [-0.25, -0.2) is 4.79 Å². The van der Waals surface area contributed by atoms with Gasteiger partial charge in [-0.2, -0.15) is 0 Å². The Balaban J connectivity index is 2.07. The maximum Gasteiger partial charge on any atom is 0.407 e. The van der Waals surface area contributed by atoms with Gasteiger partial charge in [0.05, 0.1) is 12.6 Å². The Kier molecular flexibility index (Phi) is 4.83. The highest BCUT2D eigenvalue weighted by Gasteiger charge is 2.27. The lowest BCUT2D eigenvalue weighted by Gasteiger charge is -2.33. The number of aryl methyl sites for hydroxylation is 1. The summed E-state index contributed by atoms with van der Waals surface area (Å²) in [4.78, 5) is 24.0. The lowest BCUT2D eigenvalue weighted by atomic mass is 9.91. The van der Waals surface area contributed by atoms with Gasteiger partial charge in [-0.1, -0.05) is 18.2 Å². The summed E-state index contributed by atoms with van der Waals surface area (Å²) < 4.78 is 4.92. The number of nitrogens with zero attached hydrogens (tertiary/aromatic N) is 1. The van der Waals surface area contributed by atoms with Gasteiger partial charge in [0.1, 0.15) is 0 Å². The van der Waals surface area contributed by atoms with Crippen molar-refractivity contribution in [3.63, 3.8) is 0 Å². The molecule has 0 aliphatic carbocycles. The van der Waals surface area contributed by atoms with Crippen LogP contribution in [0, 0.1) is 0 Å². The predicted molar refractivity (Wildman–Crippen MR) is 78.2 cm³/mol. The summed E-state index contributed by atoms with van der Waals surface area (Å²) in [6, 6.07) is 5.92. The van der Waals surface area contributed by atoms with Gasteiger partial charge >= 0.3 is 12.1 Å². The number of ether oxygens (including phenoxy) is 1. The van der Waals surface area contributed by atoms with Crippen LogP contribution in [0.1, 0.15) is 43.0 Å². The summed E-state index contributed by atoms with van der Waals surface area (Å²) in [5.74, 6) is -0.180. The highest BCUT2D eigenvalue weighted by atomic mass is 16.5. The van der Waals surface area contributed by atoms with Gasteiger partial charge in [-0.05, 0) is 43.4 Å². The molecule has 21 heavy (non-hydrogen) atoms. The quantitative estimate of drug-likeness (QED) is 0.866. The van der Waals surface area contributed by atoms with E-state index in [1.54, 1.807) is 6.92 Å². The van der Waals surface area contributed by atoms with Crippen molar-refractivity contribution in [3.05, 3.63) is 34.9 Å². The predicted octanol–water partition coefficient (Wildman–Crippen LogP) is 2.78. The molecular weight excluding hydrogens is 270 g/mol. The zero-order valence-corrected chi connectivity index (χ0v) is 12.5. The molecule has 1 aliphatic heterocycles. The SMILES string of the molecule is CCOC(=O)CCc1ccc2c(c1)CCN(C(=O)O)C2C. The molecule has 0 radical (unpaired) electrons. The van der Waals surface area contributed by atoms with Crippen LogP contribution in [0.4, 0.5) is 4.79 Å². The molecule has 1 aliphatic rings. The van der Waals surface area contributed by atoms with Crippen molar-refractivity contribution in [3.8, 4) is 0 Å². The first-order valence-corrected chi connectivity index (χ1v) is 7.29. The molecule has 1 aromatic carbocycles. The van der Waals surface area contributed by atoms with Crippen LogP contribution >= 0.6 is 0 Å². The molecule has 1 heterocycles. The van der Waals surface area contributed by atoms with Crippen molar-refractivity contribution in [2.75, 3.05) is 13.2 Å². The van der Waals surface area contributed by atoms with Crippen molar-refractivity contribution >= 4 is 12.1 Å². The molecule has 0 aromatic heterocycles. The van der Waals surface area contributed by atoms with Gasteiger partial charge in [0.25, 0.3) is 0 Å². The Morgan fingerprint density at radius 1 is 1.43 bits per heavy atom. The van der Waals surface area contributed by atoms with Gasteiger partial charge < -0.3 is 14.7 Å². The Morgan fingerprint density at radius 3 is 2.86 bits per heavy atom. The highest BCUT2D eigenvalue weighted by molar-refractivity contribution is 5.69. The molecule has 1 atom stereocenters. The maximum absolute atomic E-state index is 11.4. The van der Waals surface area contributed by atoms with E-state index in [0.29, 0.717) is 26.0 Å². The van der Waals surface area contributed by atoms with Crippen molar-refractivity contribution in [1.29, 1.82) is 0 Å². The summed E-state index contributed by atoms with van der Waals surface area (Å²) >= 11 is 0. The topological polar surface area (TPSA) is 66.8 Å². The van der Waals surface area contributed by atoms with Gasteiger partial charge in [-0.3, -0.25) is 4.79 Å². The normalized spacial score (nSPS) is 17.2. The van der Waals surface area contributed by atoms with E-state index in [0.717, 1.165) is 17.5 Å². The van der Waals surface area contributed by atoms with Crippen molar-refractivity contribution in [2.24, 2.45) is 0 Å². The standard InChI is InChI=1S/C16H21NO4/c1-3-21-15(18)7-5-12-4-6-14-11(2)17(16(19)20)9-8-13(14)10-12/h4,6,10-11H,3,5,7-9H2,1-2H3,(H,19,20). The number of carboxylic acid groups (broad SMARTS) is 1. The van der Waals surface area contributed by atoms with E-state index in [9.17, 15) is 9.59 Å². The monoisotopic (exact) mass is 291 g/mol. The number of carbonyl (C=O) groups is 2. The molecule has 1 aromatic rings. The molecule has 0 fully saturated rings. The van der Waals surface area contributed by atoms with Crippen LogP contribution in [0.25, 0.3) is 0 Å². The van der Waals surface area contributed by atoms with Crippen LogP contribution in [0.2, 0.25) is 0 Å². The number of fused-ring (bicyclic) bond motifs is 1. The molecule has 0 spiro atoms. The Bertz CT molecular complexity index is 541. The van der Waals surface area contributed by atoms with E-state index in [4.69, 9.17) is 9.84 Å². The van der Waals surface area contributed by atoms with Crippen molar-refractivity contribution < 1.29 is 19.4 Å². The molecular formula is C16H21NO4. The zero-order valence-electron chi connectivity index (χ0n) is 12.5. The molecule has 1 amide bonds. The lowest BCUT2D eigenvalue weighted by molar-refractivity contribution is -0.143. The van der Waals surface area contributed by atoms with E-state index in [2.05, 4.69) is 6.07 Å². The molecule has 5 nitrogen and oxygen atoms in total.